The quantitative estimate of drug-likeness (QED) is 0.773. The van der Waals surface area contributed by atoms with Crippen LogP contribution in [0, 0.1) is 5.41 Å². The monoisotopic (exact) mass is 273 g/mol. The molecule has 0 aliphatic carbocycles. The molecule has 1 heterocycles. The van der Waals surface area contributed by atoms with Gasteiger partial charge < -0.3 is 0 Å². The molecule has 0 spiro atoms. The van der Waals surface area contributed by atoms with Crippen molar-refractivity contribution in [3.05, 3.63) is 35.9 Å². The topological polar surface area (TPSA) is 37.4 Å². The maximum absolute atomic E-state index is 12.6. The van der Waals surface area contributed by atoms with Gasteiger partial charge in [-0.25, -0.2) is 0 Å². The van der Waals surface area contributed by atoms with E-state index in [1.807, 2.05) is 44.2 Å². The van der Waals surface area contributed by atoms with Gasteiger partial charge in [-0.2, -0.15) is 0 Å². The van der Waals surface area contributed by atoms with Gasteiger partial charge in [-0.15, -0.1) is 0 Å². The first-order valence-electron chi connectivity index (χ1n) is 7.51. The molecule has 1 aromatic carbocycles. The predicted octanol–water partition coefficient (Wildman–Crippen LogP) is 3.18. The Bertz CT molecular complexity index is 477. The van der Waals surface area contributed by atoms with Crippen LogP contribution in [0.25, 0.3) is 0 Å². The summed E-state index contributed by atoms with van der Waals surface area (Å²) in [6.45, 7) is 4.60. The van der Waals surface area contributed by atoms with Gasteiger partial charge in [-0.3, -0.25) is 14.5 Å². The molecule has 1 fully saturated rings. The molecular formula is C17H23NO2. The van der Waals surface area contributed by atoms with Crippen LogP contribution in [-0.4, -0.2) is 23.3 Å². The second-order valence-electron chi connectivity index (χ2n) is 5.57. The molecule has 1 aliphatic rings. The van der Waals surface area contributed by atoms with Crippen molar-refractivity contribution in [1.29, 1.82) is 0 Å². The van der Waals surface area contributed by atoms with Gasteiger partial charge in [-0.1, -0.05) is 44.2 Å². The molecule has 1 saturated heterocycles. The average molecular weight is 273 g/mol. The van der Waals surface area contributed by atoms with Gasteiger partial charge in [0.05, 0.1) is 0 Å². The number of rotatable bonds is 5. The van der Waals surface area contributed by atoms with Crippen molar-refractivity contribution in [3.63, 3.8) is 0 Å². The molecule has 0 N–H and O–H groups in total. The lowest BCUT2D eigenvalue weighted by Gasteiger charge is -2.39. The second kappa shape index (κ2) is 6.21. The minimum absolute atomic E-state index is 0.0107. The van der Waals surface area contributed by atoms with Crippen LogP contribution in [0.15, 0.2) is 30.3 Å². The Balaban J connectivity index is 2.09. The summed E-state index contributed by atoms with van der Waals surface area (Å²) in [5.74, 6) is 0.0261. The molecule has 20 heavy (non-hydrogen) atoms. The number of nitrogens with zero attached hydrogens (tertiary/aromatic N) is 1. The molecule has 0 radical (unpaired) electrons. The van der Waals surface area contributed by atoms with E-state index in [1.54, 1.807) is 0 Å². The van der Waals surface area contributed by atoms with Crippen LogP contribution in [0.5, 0.6) is 0 Å². The second-order valence-corrected chi connectivity index (χ2v) is 5.57. The van der Waals surface area contributed by atoms with Gasteiger partial charge in [0, 0.05) is 18.4 Å². The Morgan fingerprint density at radius 1 is 1.10 bits per heavy atom. The van der Waals surface area contributed by atoms with Crippen LogP contribution in [0.2, 0.25) is 0 Å². The summed E-state index contributed by atoms with van der Waals surface area (Å²) in [7, 11) is 0. The third-order valence-corrected chi connectivity index (χ3v) is 4.64. The van der Waals surface area contributed by atoms with E-state index in [4.69, 9.17) is 0 Å². The van der Waals surface area contributed by atoms with Gasteiger partial charge in [0.25, 0.3) is 0 Å². The van der Waals surface area contributed by atoms with Crippen molar-refractivity contribution in [2.75, 3.05) is 6.54 Å². The fraction of sp³-hybridized carbons (Fsp3) is 0.529. The Morgan fingerprint density at radius 2 is 1.75 bits per heavy atom. The minimum Gasteiger partial charge on any atom is -0.282 e. The number of carbonyl (C=O) groups is 2. The Kier molecular flexibility index (Phi) is 4.58. The molecule has 0 bridgehead atoms. The number of amides is 2. The van der Waals surface area contributed by atoms with Crippen molar-refractivity contribution >= 4 is 11.8 Å². The maximum atomic E-state index is 12.6. The molecule has 0 saturated carbocycles. The zero-order valence-corrected chi connectivity index (χ0v) is 12.4. The molecule has 2 rings (SSSR count). The molecule has 2 amide bonds. The molecule has 1 aromatic rings. The van der Waals surface area contributed by atoms with Crippen LogP contribution in [0.1, 0.15) is 45.1 Å². The fourth-order valence-electron chi connectivity index (χ4n) is 3.01. The highest BCUT2D eigenvalue weighted by molar-refractivity contribution is 6.00. The summed E-state index contributed by atoms with van der Waals surface area (Å²) < 4.78 is 0. The largest absolute Gasteiger partial charge is 0.282 e. The number of likely N-dealkylation sites (tertiary alicyclic amines) is 1. The third kappa shape index (κ3) is 2.77. The van der Waals surface area contributed by atoms with Crippen molar-refractivity contribution < 1.29 is 9.59 Å². The SMILES string of the molecule is CCC1(CC)CCC(=O)N(CCc2ccccc2)C1=O. The van der Waals surface area contributed by atoms with Crippen LogP contribution >= 0.6 is 0 Å². The van der Waals surface area contributed by atoms with Gasteiger partial charge in [0.1, 0.15) is 0 Å². The van der Waals surface area contributed by atoms with Crippen LogP contribution in [0.4, 0.5) is 0 Å². The average Bonchev–Trinajstić information content (AvgIpc) is 2.49. The van der Waals surface area contributed by atoms with Crippen molar-refractivity contribution in [1.82, 2.24) is 4.90 Å². The first kappa shape index (κ1) is 14.8. The van der Waals surface area contributed by atoms with Crippen LogP contribution < -0.4 is 0 Å². The van der Waals surface area contributed by atoms with E-state index in [0.29, 0.717) is 19.4 Å². The van der Waals surface area contributed by atoms with Gasteiger partial charge >= 0.3 is 0 Å². The smallest absolute Gasteiger partial charge is 0.235 e. The highest BCUT2D eigenvalue weighted by Gasteiger charge is 2.44. The normalized spacial score (nSPS) is 18.4. The van der Waals surface area contributed by atoms with E-state index in [-0.39, 0.29) is 17.2 Å². The first-order valence-corrected chi connectivity index (χ1v) is 7.51. The Labute approximate surface area is 121 Å². The summed E-state index contributed by atoms with van der Waals surface area (Å²) in [4.78, 5) is 26.2. The number of piperidine rings is 1. The number of hydrogen-bond donors (Lipinski definition) is 0. The highest BCUT2D eigenvalue weighted by atomic mass is 16.2. The molecule has 0 unspecified atom stereocenters. The van der Waals surface area contributed by atoms with Crippen molar-refractivity contribution in [2.24, 2.45) is 5.41 Å². The standard InChI is InChI=1S/C17H23NO2/c1-3-17(4-2)12-10-15(19)18(16(17)20)13-11-14-8-6-5-7-9-14/h5-9H,3-4,10-13H2,1-2H3. The molecule has 1 aliphatic heterocycles. The molecule has 3 heteroatoms. The molecule has 0 atom stereocenters. The zero-order chi connectivity index (χ0) is 14.6. The fourth-order valence-corrected chi connectivity index (χ4v) is 3.01. The summed E-state index contributed by atoms with van der Waals surface area (Å²) in [5.41, 5.74) is 0.849. The van der Waals surface area contributed by atoms with E-state index in [0.717, 1.165) is 24.8 Å². The maximum Gasteiger partial charge on any atom is 0.235 e. The number of carbonyl (C=O) groups excluding carboxylic acids is 2. The number of benzene rings is 1. The molecule has 0 aromatic heterocycles. The molecule has 108 valence electrons. The zero-order valence-electron chi connectivity index (χ0n) is 12.4. The number of hydrogen-bond acceptors (Lipinski definition) is 2. The van der Waals surface area contributed by atoms with E-state index >= 15 is 0 Å². The van der Waals surface area contributed by atoms with E-state index in [2.05, 4.69) is 0 Å². The number of imide groups is 1. The molecular weight excluding hydrogens is 250 g/mol. The summed E-state index contributed by atoms with van der Waals surface area (Å²) in [5, 5.41) is 0. The van der Waals surface area contributed by atoms with Gasteiger partial charge in [0.15, 0.2) is 0 Å². The van der Waals surface area contributed by atoms with Crippen molar-refractivity contribution in [2.45, 2.75) is 46.0 Å². The minimum atomic E-state index is -0.315. The third-order valence-electron chi connectivity index (χ3n) is 4.64. The Hall–Kier alpha value is -1.64. The summed E-state index contributed by atoms with van der Waals surface area (Å²) >= 11 is 0. The summed E-state index contributed by atoms with van der Waals surface area (Å²) in [6, 6.07) is 10.0. The predicted molar refractivity (Wildman–Crippen MR) is 79.1 cm³/mol. The van der Waals surface area contributed by atoms with Crippen molar-refractivity contribution in [3.8, 4) is 0 Å². The highest BCUT2D eigenvalue weighted by Crippen LogP contribution is 2.38. The summed E-state index contributed by atoms with van der Waals surface area (Å²) in [6.07, 6.45) is 3.58. The van der Waals surface area contributed by atoms with Gasteiger partial charge in [-0.05, 0) is 31.2 Å². The lowest BCUT2D eigenvalue weighted by atomic mass is 9.74. The van der Waals surface area contributed by atoms with Gasteiger partial charge in [0.2, 0.25) is 11.8 Å². The van der Waals surface area contributed by atoms with E-state index < -0.39 is 0 Å². The lowest BCUT2D eigenvalue weighted by molar-refractivity contribution is -0.158. The lowest BCUT2D eigenvalue weighted by Crippen LogP contribution is -2.51. The van der Waals surface area contributed by atoms with E-state index in [9.17, 15) is 9.59 Å². The Morgan fingerprint density at radius 3 is 2.35 bits per heavy atom. The van der Waals surface area contributed by atoms with Crippen LogP contribution in [-0.2, 0) is 16.0 Å². The van der Waals surface area contributed by atoms with Crippen LogP contribution in [0.3, 0.4) is 0 Å². The van der Waals surface area contributed by atoms with E-state index in [1.165, 1.54) is 4.90 Å². The molecule has 3 nitrogen and oxygen atoms in total. The first-order chi connectivity index (χ1) is 9.63.